The summed E-state index contributed by atoms with van der Waals surface area (Å²) >= 11 is 0. The van der Waals surface area contributed by atoms with Crippen LogP contribution in [0.5, 0.6) is 5.75 Å². The molecule has 2 atom stereocenters. The number of hydrazine groups is 1. The molecule has 19 heavy (non-hydrogen) atoms. The Balaban J connectivity index is 1.90. The van der Waals surface area contributed by atoms with Crippen LogP contribution in [0.2, 0.25) is 0 Å². The standard InChI is InChI=1S/C16H24N2O/c1-16(2)8-3-4-13(16)15(18-17)12-5-6-14-11(10-12)7-9-19-14/h5-6,10,13,15,18H,3-4,7-9,17H2,1-2H3. The lowest BCUT2D eigenvalue weighted by Gasteiger charge is -2.34. The largest absolute Gasteiger partial charge is 0.493 e. The van der Waals surface area contributed by atoms with E-state index in [1.54, 1.807) is 0 Å². The Hall–Kier alpha value is -1.06. The molecule has 1 aromatic carbocycles. The van der Waals surface area contributed by atoms with Crippen LogP contribution < -0.4 is 16.0 Å². The third-order valence-electron chi connectivity index (χ3n) is 4.99. The summed E-state index contributed by atoms with van der Waals surface area (Å²) in [5.74, 6) is 7.53. The number of hydrogen-bond donors (Lipinski definition) is 2. The highest BCUT2D eigenvalue weighted by atomic mass is 16.5. The van der Waals surface area contributed by atoms with Gasteiger partial charge in [-0.05, 0) is 41.4 Å². The summed E-state index contributed by atoms with van der Waals surface area (Å²) in [5.41, 5.74) is 6.07. The van der Waals surface area contributed by atoms with Crippen LogP contribution >= 0.6 is 0 Å². The van der Waals surface area contributed by atoms with Gasteiger partial charge in [0.1, 0.15) is 5.75 Å². The minimum Gasteiger partial charge on any atom is -0.493 e. The minimum absolute atomic E-state index is 0.253. The van der Waals surface area contributed by atoms with Gasteiger partial charge in [0.2, 0.25) is 0 Å². The van der Waals surface area contributed by atoms with Crippen molar-refractivity contribution in [3.63, 3.8) is 0 Å². The molecule has 2 aliphatic rings. The third kappa shape index (κ3) is 2.26. The zero-order valence-electron chi connectivity index (χ0n) is 11.9. The first-order chi connectivity index (χ1) is 9.12. The van der Waals surface area contributed by atoms with E-state index in [-0.39, 0.29) is 6.04 Å². The van der Waals surface area contributed by atoms with Gasteiger partial charge in [0.15, 0.2) is 0 Å². The highest BCUT2D eigenvalue weighted by Crippen LogP contribution is 2.48. The highest BCUT2D eigenvalue weighted by molar-refractivity contribution is 5.41. The second-order valence-electron chi connectivity index (χ2n) is 6.60. The first-order valence-electron chi connectivity index (χ1n) is 7.33. The Bertz CT molecular complexity index is 470. The van der Waals surface area contributed by atoms with Crippen molar-refractivity contribution >= 4 is 0 Å². The van der Waals surface area contributed by atoms with Crippen molar-refractivity contribution < 1.29 is 4.74 Å². The van der Waals surface area contributed by atoms with Crippen molar-refractivity contribution in [2.45, 2.75) is 45.6 Å². The number of nitrogens with one attached hydrogen (secondary N) is 1. The average Bonchev–Trinajstić information content (AvgIpc) is 2.97. The Morgan fingerprint density at radius 2 is 2.26 bits per heavy atom. The molecule has 3 N–H and O–H groups in total. The maximum atomic E-state index is 5.87. The first kappa shape index (κ1) is 12.9. The summed E-state index contributed by atoms with van der Waals surface area (Å²) < 4.78 is 5.58. The van der Waals surface area contributed by atoms with E-state index < -0.39 is 0 Å². The lowest BCUT2D eigenvalue weighted by atomic mass is 9.75. The summed E-state index contributed by atoms with van der Waals surface area (Å²) in [4.78, 5) is 0. The number of ether oxygens (including phenoxy) is 1. The molecule has 1 heterocycles. The van der Waals surface area contributed by atoms with Crippen LogP contribution in [0.4, 0.5) is 0 Å². The predicted molar refractivity (Wildman–Crippen MR) is 76.8 cm³/mol. The Morgan fingerprint density at radius 1 is 1.42 bits per heavy atom. The molecule has 0 amide bonds. The molecule has 1 aliphatic carbocycles. The number of nitrogens with two attached hydrogens (primary N) is 1. The number of benzene rings is 1. The van der Waals surface area contributed by atoms with Crippen molar-refractivity contribution in [3.05, 3.63) is 29.3 Å². The molecule has 1 saturated carbocycles. The third-order valence-corrected chi connectivity index (χ3v) is 4.99. The van der Waals surface area contributed by atoms with Gasteiger partial charge in [-0.2, -0.15) is 0 Å². The van der Waals surface area contributed by atoms with E-state index in [1.807, 2.05) is 0 Å². The van der Waals surface area contributed by atoms with Gasteiger partial charge in [-0.1, -0.05) is 32.4 Å². The van der Waals surface area contributed by atoms with Gasteiger partial charge < -0.3 is 4.74 Å². The molecule has 2 unspecified atom stereocenters. The zero-order valence-corrected chi connectivity index (χ0v) is 11.9. The second-order valence-corrected chi connectivity index (χ2v) is 6.60. The Morgan fingerprint density at radius 3 is 2.95 bits per heavy atom. The summed E-state index contributed by atoms with van der Waals surface area (Å²) in [5, 5.41) is 0. The number of fused-ring (bicyclic) bond motifs is 1. The smallest absolute Gasteiger partial charge is 0.122 e. The molecular formula is C16H24N2O. The van der Waals surface area contributed by atoms with E-state index in [0.717, 1.165) is 18.8 Å². The molecular weight excluding hydrogens is 236 g/mol. The summed E-state index contributed by atoms with van der Waals surface area (Å²) in [6.45, 7) is 5.55. The lowest BCUT2D eigenvalue weighted by Crippen LogP contribution is -2.37. The maximum absolute atomic E-state index is 5.87. The van der Waals surface area contributed by atoms with Gasteiger partial charge in [-0.25, -0.2) is 0 Å². The van der Waals surface area contributed by atoms with Gasteiger partial charge in [0, 0.05) is 12.5 Å². The van der Waals surface area contributed by atoms with Crippen molar-refractivity contribution in [1.82, 2.24) is 5.43 Å². The monoisotopic (exact) mass is 260 g/mol. The van der Waals surface area contributed by atoms with E-state index >= 15 is 0 Å². The van der Waals surface area contributed by atoms with Gasteiger partial charge >= 0.3 is 0 Å². The molecule has 1 aromatic rings. The molecule has 3 rings (SSSR count). The van der Waals surface area contributed by atoms with Crippen molar-refractivity contribution in [2.24, 2.45) is 17.2 Å². The Kier molecular flexibility index (Phi) is 3.27. The minimum atomic E-state index is 0.253. The van der Waals surface area contributed by atoms with Gasteiger partial charge in [0.25, 0.3) is 0 Å². The fourth-order valence-electron chi connectivity index (χ4n) is 3.82. The molecule has 3 nitrogen and oxygen atoms in total. The van der Waals surface area contributed by atoms with Crippen LogP contribution in [0.15, 0.2) is 18.2 Å². The van der Waals surface area contributed by atoms with Crippen LogP contribution in [-0.2, 0) is 6.42 Å². The van der Waals surface area contributed by atoms with Crippen LogP contribution in [0.25, 0.3) is 0 Å². The van der Waals surface area contributed by atoms with Crippen molar-refractivity contribution in [1.29, 1.82) is 0 Å². The van der Waals surface area contributed by atoms with Crippen LogP contribution in [0.3, 0.4) is 0 Å². The summed E-state index contributed by atoms with van der Waals surface area (Å²) in [6.07, 6.45) is 4.89. The first-order valence-corrected chi connectivity index (χ1v) is 7.33. The molecule has 0 radical (unpaired) electrons. The van der Waals surface area contributed by atoms with E-state index in [0.29, 0.717) is 11.3 Å². The fourth-order valence-corrected chi connectivity index (χ4v) is 3.82. The molecule has 0 spiro atoms. The highest BCUT2D eigenvalue weighted by Gasteiger charge is 2.39. The molecule has 1 aliphatic heterocycles. The average molecular weight is 260 g/mol. The maximum Gasteiger partial charge on any atom is 0.122 e. The molecule has 1 fully saturated rings. The molecule has 3 heteroatoms. The molecule has 0 saturated heterocycles. The van der Waals surface area contributed by atoms with E-state index in [4.69, 9.17) is 10.6 Å². The van der Waals surface area contributed by atoms with Crippen LogP contribution in [0.1, 0.15) is 50.3 Å². The normalized spacial score (nSPS) is 25.9. The molecule has 104 valence electrons. The van der Waals surface area contributed by atoms with Crippen molar-refractivity contribution in [2.75, 3.05) is 6.61 Å². The second kappa shape index (κ2) is 4.80. The quantitative estimate of drug-likeness (QED) is 0.649. The molecule has 0 bridgehead atoms. The van der Waals surface area contributed by atoms with E-state index in [2.05, 4.69) is 37.5 Å². The topological polar surface area (TPSA) is 47.3 Å². The van der Waals surface area contributed by atoms with E-state index in [1.165, 1.54) is 30.4 Å². The fraction of sp³-hybridized carbons (Fsp3) is 0.625. The number of rotatable bonds is 3. The Labute approximate surface area is 115 Å². The predicted octanol–water partition coefficient (Wildman–Crippen LogP) is 2.95. The van der Waals surface area contributed by atoms with Crippen LogP contribution in [-0.4, -0.2) is 6.61 Å². The van der Waals surface area contributed by atoms with Gasteiger partial charge in [0.05, 0.1) is 6.61 Å². The SMILES string of the molecule is CC1(C)CCCC1C(NN)c1ccc2c(c1)CCO2. The summed E-state index contributed by atoms with van der Waals surface area (Å²) in [7, 11) is 0. The van der Waals surface area contributed by atoms with Gasteiger partial charge in [-0.15, -0.1) is 0 Å². The summed E-state index contributed by atoms with van der Waals surface area (Å²) in [6, 6.07) is 6.80. The molecule has 0 aromatic heterocycles. The van der Waals surface area contributed by atoms with Gasteiger partial charge in [-0.3, -0.25) is 11.3 Å². The number of hydrogen-bond acceptors (Lipinski definition) is 3. The van der Waals surface area contributed by atoms with E-state index in [9.17, 15) is 0 Å². The lowest BCUT2D eigenvalue weighted by molar-refractivity contribution is 0.198. The van der Waals surface area contributed by atoms with Crippen LogP contribution in [0, 0.1) is 11.3 Å². The van der Waals surface area contributed by atoms with Crippen molar-refractivity contribution in [3.8, 4) is 5.75 Å². The zero-order chi connectivity index (χ0) is 13.5.